The Kier molecular flexibility index (Phi) is 22.6. The summed E-state index contributed by atoms with van der Waals surface area (Å²) in [6.07, 6.45) is 31.9. The molecule has 2 rings (SSSR count). The first-order chi connectivity index (χ1) is 18.4. The molecule has 0 saturated heterocycles. The molecule has 1 heterocycles. The molecule has 0 aliphatic carbocycles. The standard InChI is InChI=1S/C34H59N2O.ClH/c1-3-5-7-9-11-13-15-17-19-24-28-35-29-30-36(34(35)33-26-22-21-23-27-33)32-37-31-25-20-18-16-14-12-10-8-6-4-2;/h21-23,26-27,29-30H,3-20,24-25,28,31-32H2,1-2H3;1H/q+1;/p-1. The Morgan fingerprint density at radius 1 is 0.605 bits per heavy atom. The number of aryl methyl sites for hydroxylation is 1. The molecule has 0 saturated carbocycles. The van der Waals surface area contributed by atoms with Crippen molar-refractivity contribution in [2.75, 3.05) is 6.61 Å². The molecule has 4 heteroatoms. The number of aromatic nitrogens is 2. The number of benzene rings is 1. The highest BCUT2D eigenvalue weighted by molar-refractivity contribution is 5.52. The highest BCUT2D eigenvalue weighted by Crippen LogP contribution is 2.18. The van der Waals surface area contributed by atoms with Gasteiger partial charge >= 0.3 is 0 Å². The summed E-state index contributed by atoms with van der Waals surface area (Å²) in [4.78, 5) is 0. The molecule has 3 nitrogen and oxygen atoms in total. The second kappa shape index (κ2) is 24.7. The minimum absolute atomic E-state index is 0. The van der Waals surface area contributed by atoms with E-state index in [9.17, 15) is 0 Å². The van der Waals surface area contributed by atoms with E-state index in [1.54, 1.807) is 0 Å². The van der Waals surface area contributed by atoms with Crippen LogP contribution in [0.1, 0.15) is 142 Å². The van der Waals surface area contributed by atoms with Crippen molar-refractivity contribution in [3.8, 4) is 11.4 Å². The molecule has 0 fully saturated rings. The smallest absolute Gasteiger partial charge is 0.290 e. The number of hydrogen-bond acceptors (Lipinski definition) is 1. The van der Waals surface area contributed by atoms with Gasteiger partial charge in [-0.15, -0.1) is 0 Å². The van der Waals surface area contributed by atoms with E-state index in [0.29, 0.717) is 6.73 Å². The van der Waals surface area contributed by atoms with Crippen LogP contribution in [-0.4, -0.2) is 11.2 Å². The van der Waals surface area contributed by atoms with Crippen LogP contribution in [0.25, 0.3) is 11.4 Å². The van der Waals surface area contributed by atoms with Crippen molar-refractivity contribution in [3.05, 3.63) is 42.7 Å². The zero-order chi connectivity index (χ0) is 26.2. The van der Waals surface area contributed by atoms with Crippen LogP contribution in [0.2, 0.25) is 0 Å². The van der Waals surface area contributed by atoms with Crippen LogP contribution >= 0.6 is 0 Å². The predicted octanol–water partition coefficient (Wildman–Crippen LogP) is 7.26. The average Bonchev–Trinajstić information content (AvgIpc) is 3.33. The van der Waals surface area contributed by atoms with E-state index in [-0.39, 0.29) is 12.4 Å². The van der Waals surface area contributed by atoms with Gasteiger partial charge in [-0.25, -0.2) is 9.13 Å². The van der Waals surface area contributed by atoms with Crippen molar-refractivity contribution >= 4 is 0 Å². The Morgan fingerprint density at radius 3 is 1.61 bits per heavy atom. The third-order valence-corrected chi connectivity index (χ3v) is 7.63. The van der Waals surface area contributed by atoms with Crippen molar-refractivity contribution in [2.45, 2.75) is 156 Å². The first-order valence-electron chi connectivity index (χ1n) is 16.1. The molecule has 218 valence electrons. The first-order valence-corrected chi connectivity index (χ1v) is 16.1. The molecule has 0 radical (unpaired) electrons. The first kappa shape index (κ1) is 34.7. The molecule has 0 atom stereocenters. The van der Waals surface area contributed by atoms with Crippen LogP contribution in [0.15, 0.2) is 42.7 Å². The minimum Gasteiger partial charge on any atom is -1.00 e. The Balaban J connectivity index is 0.00000722. The summed E-state index contributed by atoms with van der Waals surface area (Å²) in [5.41, 5.74) is 1.28. The van der Waals surface area contributed by atoms with E-state index in [1.807, 2.05) is 0 Å². The summed E-state index contributed by atoms with van der Waals surface area (Å²) in [6.45, 7) is 7.18. The van der Waals surface area contributed by atoms with Crippen LogP contribution in [-0.2, 0) is 18.0 Å². The monoisotopic (exact) mass is 546 g/mol. The zero-order valence-electron chi connectivity index (χ0n) is 25.0. The summed E-state index contributed by atoms with van der Waals surface area (Å²) >= 11 is 0. The van der Waals surface area contributed by atoms with Crippen LogP contribution in [0.5, 0.6) is 0 Å². The third-order valence-electron chi connectivity index (χ3n) is 7.63. The molecule has 0 aliphatic rings. The number of ether oxygens (including phenoxy) is 1. The maximum atomic E-state index is 6.12. The van der Waals surface area contributed by atoms with Gasteiger partial charge in [0.05, 0.1) is 18.7 Å². The lowest BCUT2D eigenvalue weighted by Crippen LogP contribution is -3.00. The lowest BCUT2D eigenvalue weighted by molar-refractivity contribution is -0.722. The summed E-state index contributed by atoms with van der Waals surface area (Å²) in [6, 6.07) is 10.8. The highest BCUT2D eigenvalue weighted by atomic mass is 35.5. The van der Waals surface area contributed by atoms with Gasteiger partial charge in [-0.2, -0.15) is 0 Å². The van der Waals surface area contributed by atoms with E-state index in [0.717, 1.165) is 13.2 Å². The van der Waals surface area contributed by atoms with Gasteiger partial charge in [0.2, 0.25) is 0 Å². The van der Waals surface area contributed by atoms with Gasteiger partial charge in [-0.3, -0.25) is 0 Å². The second-order valence-electron chi connectivity index (χ2n) is 11.1. The molecule has 0 N–H and O–H groups in total. The Bertz CT molecular complexity index is 761. The fraction of sp³-hybridized carbons (Fsp3) is 0.735. The Morgan fingerprint density at radius 2 is 1.08 bits per heavy atom. The lowest BCUT2D eigenvalue weighted by atomic mass is 10.1. The van der Waals surface area contributed by atoms with Crippen molar-refractivity contribution in [2.24, 2.45) is 0 Å². The summed E-state index contributed by atoms with van der Waals surface area (Å²) in [5.74, 6) is 1.28. The molecule has 0 spiro atoms. The van der Waals surface area contributed by atoms with Crippen LogP contribution in [0, 0.1) is 0 Å². The van der Waals surface area contributed by atoms with Crippen LogP contribution in [0.3, 0.4) is 0 Å². The number of nitrogens with zero attached hydrogens (tertiary/aromatic N) is 2. The van der Waals surface area contributed by atoms with Gasteiger partial charge < -0.3 is 17.1 Å². The van der Waals surface area contributed by atoms with Gasteiger partial charge in [0.25, 0.3) is 5.82 Å². The molecule has 1 aromatic heterocycles. The summed E-state index contributed by atoms with van der Waals surface area (Å²) in [7, 11) is 0. The molecule has 1 aromatic carbocycles. The topological polar surface area (TPSA) is 18.0 Å². The maximum Gasteiger partial charge on any atom is 0.290 e. The van der Waals surface area contributed by atoms with E-state index in [1.165, 1.54) is 140 Å². The summed E-state index contributed by atoms with van der Waals surface area (Å²) < 4.78 is 10.8. The molecule has 2 aromatic rings. The van der Waals surface area contributed by atoms with Gasteiger partial charge in [0.1, 0.15) is 12.4 Å². The van der Waals surface area contributed by atoms with Crippen molar-refractivity contribution < 1.29 is 21.7 Å². The van der Waals surface area contributed by atoms with Gasteiger partial charge in [-0.05, 0) is 31.4 Å². The lowest BCUT2D eigenvalue weighted by Gasteiger charge is -2.07. The van der Waals surface area contributed by atoms with E-state index >= 15 is 0 Å². The van der Waals surface area contributed by atoms with Crippen molar-refractivity contribution in [1.82, 2.24) is 4.57 Å². The number of rotatable bonds is 25. The molecular weight excluding hydrogens is 488 g/mol. The average molecular weight is 547 g/mol. The Hall–Kier alpha value is -1.32. The number of unbranched alkanes of at least 4 members (excludes halogenated alkanes) is 18. The van der Waals surface area contributed by atoms with Crippen LogP contribution in [0.4, 0.5) is 0 Å². The minimum atomic E-state index is 0. The normalized spacial score (nSPS) is 11.1. The second-order valence-corrected chi connectivity index (χ2v) is 11.1. The maximum absolute atomic E-state index is 6.12. The molecule has 0 bridgehead atoms. The van der Waals surface area contributed by atoms with E-state index in [4.69, 9.17) is 4.74 Å². The largest absolute Gasteiger partial charge is 1.00 e. The molecule has 0 unspecified atom stereocenters. The quantitative estimate of drug-likeness (QED) is 0.0946. The van der Waals surface area contributed by atoms with E-state index < -0.39 is 0 Å². The Labute approximate surface area is 242 Å². The fourth-order valence-corrected chi connectivity index (χ4v) is 5.29. The zero-order valence-corrected chi connectivity index (χ0v) is 25.7. The van der Waals surface area contributed by atoms with E-state index in [2.05, 4.69) is 65.7 Å². The molecule has 38 heavy (non-hydrogen) atoms. The molecular formula is C34H59ClN2O. The SMILES string of the molecule is CCCCCCCCCCCCOC[n+]1ccn(CCCCCCCCCCCC)c1-c1ccccc1.[Cl-]. The molecule has 0 amide bonds. The van der Waals surface area contributed by atoms with Gasteiger partial charge in [-0.1, -0.05) is 141 Å². The number of halogens is 1. The predicted molar refractivity (Wildman–Crippen MR) is 160 cm³/mol. The van der Waals surface area contributed by atoms with Crippen molar-refractivity contribution in [1.29, 1.82) is 0 Å². The van der Waals surface area contributed by atoms with Crippen LogP contribution < -0.4 is 17.0 Å². The molecule has 0 aliphatic heterocycles. The third kappa shape index (κ3) is 15.9. The highest BCUT2D eigenvalue weighted by Gasteiger charge is 2.19. The van der Waals surface area contributed by atoms with Gasteiger partial charge in [0, 0.05) is 0 Å². The summed E-state index contributed by atoms with van der Waals surface area (Å²) in [5, 5.41) is 0. The fourth-order valence-electron chi connectivity index (χ4n) is 5.29. The number of imidazole rings is 1. The van der Waals surface area contributed by atoms with Gasteiger partial charge in [0.15, 0.2) is 6.73 Å². The number of hydrogen-bond donors (Lipinski definition) is 0. The van der Waals surface area contributed by atoms with Crippen molar-refractivity contribution in [3.63, 3.8) is 0 Å².